The number of carboxylic acids is 1. The van der Waals surface area contributed by atoms with Crippen LogP contribution in [0.1, 0.15) is 31.6 Å². The molecule has 2 atom stereocenters. The predicted molar refractivity (Wildman–Crippen MR) is 85.8 cm³/mol. The van der Waals surface area contributed by atoms with Crippen LogP contribution < -0.4 is 5.32 Å². The highest BCUT2D eigenvalue weighted by Crippen LogP contribution is 2.40. The van der Waals surface area contributed by atoms with Gasteiger partial charge in [0.25, 0.3) is 0 Å². The van der Waals surface area contributed by atoms with Crippen molar-refractivity contribution in [3.05, 3.63) is 44.9 Å². The summed E-state index contributed by atoms with van der Waals surface area (Å²) in [6.45, 7) is 5.02. The SMILES string of the molecule is COC(C)OC(=O)C1=C(C)NC(C)=C(C(=O)O)C1c1cccs1. The Labute approximate surface area is 138 Å². The average Bonchev–Trinajstić information content (AvgIpc) is 2.99. The van der Waals surface area contributed by atoms with Gasteiger partial charge in [-0.05, 0) is 32.2 Å². The van der Waals surface area contributed by atoms with Crippen LogP contribution in [0.25, 0.3) is 0 Å². The number of carbonyl (C=O) groups is 2. The number of esters is 1. The molecule has 0 radical (unpaired) electrons. The summed E-state index contributed by atoms with van der Waals surface area (Å²) in [7, 11) is 1.43. The van der Waals surface area contributed by atoms with Gasteiger partial charge in [0.2, 0.25) is 0 Å². The normalized spacial score (nSPS) is 19.4. The lowest BCUT2D eigenvalue weighted by molar-refractivity contribution is -0.165. The minimum absolute atomic E-state index is 0.148. The van der Waals surface area contributed by atoms with Crippen molar-refractivity contribution in [1.29, 1.82) is 0 Å². The Balaban J connectivity index is 2.51. The Morgan fingerprint density at radius 1 is 1.30 bits per heavy atom. The monoisotopic (exact) mass is 337 g/mol. The van der Waals surface area contributed by atoms with Gasteiger partial charge in [-0.1, -0.05) is 6.07 Å². The first-order valence-corrected chi connectivity index (χ1v) is 7.93. The van der Waals surface area contributed by atoms with E-state index in [9.17, 15) is 14.7 Å². The molecule has 0 saturated carbocycles. The zero-order valence-corrected chi connectivity index (χ0v) is 14.2. The molecule has 0 aliphatic carbocycles. The van der Waals surface area contributed by atoms with Gasteiger partial charge in [0.1, 0.15) is 0 Å². The zero-order valence-electron chi connectivity index (χ0n) is 13.4. The molecule has 0 bridgehead atoms. The second-order valence-electron chi connectivity index (χ2n) is 5.16. The van der Waals surface area contributed by atoms with E-state index in [0.717, 1.165) is 4.88 Å². The Morgan fingerprint density at radius 3 is 2.48 bits per heavy atom. The predicted octanol–water partition coefficient (Wildman–Crippen LogP) is 2.60. The summed E-state index contributed by atoms with van der Waals surface area (Å²) < 4.78 is 10.2. The molecule has 124 valence electrons. The molecule has 1 aromatic heterocycles. The lowest BCUT2D eigenvalue weighted by Gasteiger charge is -2.29. The number of carbonyl (C=O) groups excluding carboxylic acids is 1. The van der Waals surface area contributed by atoms with E-state index in [2.05, 4.69) is 5.32 Å². The van der Waals surface area contributed by atoms with Crippen LogP contribution in [0.2, 0.25) is 0 Å². The fourth-order valence-corrected chi connectivity index (χ4v) is 3.39. The van der Waals surface area contributed by atoms with E-state index in [1.165, 1.54) is 18.4 Å². The molecular weight excluding hydrogens is 318 g/mol. The summed E-state index contributed by atoms with van der Waals surface area (Å²) in [5, 5.41) is 14.4. The molecular formula is C16H19NO5S. The van der Waals surface area contributed by atoms with E-state index in [0.29, 0.717) is 17.0 Å². The van der Waals surface area contributed by atoms with E-state index >= 15 is 0 Å². The number of hydrogen-bond acceptors (Lipinski definition) is 6. The molecule has 1 aliphatic rings. The summed E-state index contributed by atoms with van der Waals surface area (Å²) in [6.07, 6.45) is -0.716. The minimum atomic E-state index is -1.06. The second kappa shape index (κ2) is 6.97. The first-order chi connectivity index (χ1) is 10.9. The largest absolute Gasteiger partial charge is 0.478 e. The second-order valence-corrected chi connectivity index (χ2v) is 6.14. The number of methoxy groups -OCH3 is 1. The first-order valence-electron chi connectivity index (χ1n) is 7.05. The van der Waals surface area contributed by atoms with E-state index in [4.69, 9.17) is 9.47 Å². The van der Waals surface area contributed by atoms with Crippen molar-refractivity contribution in [2.24, 2.45) is 0 Å². The maximum atomic E-state index is 12.5. The molecule has 0 fully saturated rings. The summed E-state index contributed by atoms with van der Waals surface area (Å²) in [6, 6.07) is 3.64. The number of nitrogens with one attached hydrogen (secondary N) is 1. The number of carboxylic acid groups (broad SMARTS) is 1. The third-order valence-corrected chi connectivity index (χ3v) is 4.58. The van der Waals surface area contributed by atoms with Crippen LogP contribution >= 0.6 is 11.3 Å². The molecule has 6 nitrogen and oxygen atoms in total. The molecule has 1 aliphatic heterocycles. The molecule has 0 aromatic carbocycles. The average molecular weight is 337 g/mol. The topological polar surface area (TPSA) is 84.9 Å². The van der Waals surface area contributed by atoms with Gasteiger partial charge < -0.3 is 19.9 Å². The quantitative estimate of drug-likeness (QED) is 0.635. The van der Waals surface area contributed by atoms with Gasteiger partial charge in [0.15, 0.2) is 6.29 Å². The van der Waals surface area contributed by atoms with Gasteiger partial charge >= 0.3 is 11.9 Å². The van der Waals surface area contributed by atoms with E-state index in [1.54, 1.807) is 20.8 Å². The Kier molecular flexibility index (Phi) is 5.23. The molecule has 2 N–H and O–H groups in total. The highest BCUT2D eigenvalue weighted by atomic mass is 32.1. The molecule has 0 amide bonds. The van der Waals surface area contributed by atoms with Gasteiger partial charge in [0.05, 0.1) is 17.1 Å². The molecule has 2 heterocycles. The van der Waals surface area contributed by atoms with Crippen LogP contribution in [-0.2, 0) is 19.1 Å². The third kappa shape index (κ3) is 3.46. The van der Waals surface area contributed by atoms with Gasteiger partial charge in [-0.3, -0.25) is 0 Å². The van der Waals surface area contributed by atoms with Crippen LogP contribution in [0.3, 0.4) is 0 Å². The van der Waals surface area contributed by atoms with Gasteiger partial charge in [0, 0.05) is 23.4 Å². The lowest BCUT2D eigenvalue weighted by atomic mass is 9.84. The van der Waals surface area contributed by atoms with Crippen molar-refractivity contribution in [2.75, 3.05) is 7.11 Å². The van der Waals surface area contributed by atoms with Crippen molar-refractivity contribution in [3.8, 4) is 0 Å². The summed E-state index contributed by atoms with van der Waals surface area (Å²) in [5.41, 5.74) is 1.54. The molecule has 0 saturated heterocycles. The highest BCUT2D eigenvalue weighted by molar-refractivity contribution is 7.10. The van der Waals surface area contributed by atoms with Crippen molar-refractivity contribution in [2.45, 2.75) is 33.0 Å². The third-order valence-electron chi connectivity index (χ3n) is 3.64. The smallest absolute Gasteiger partial charge is 0.339 e. The number of dihydropyridines is 1. The molecule has 1 aromatic rings. The van der Waals surface area contributed by atoms with Crippen molar-refractivity contribution in [3.63, 3.8) is 0 Å². The maximum absolute atomic E-state index is 12.5. The van der Waals surface area contributed by atoms with Crippen LogP contribution in [0.15, 0.2) is 40.1 Å². The summed E-state index contributed by atoms with van der Waals surface area (Å²) in [4.78, 5) is 25.1. The number of rotatable bonds is 5. The van der Waals surface area contributed by atoms with E-state index in [-0.39, 0.29) is 5.57 Å². The van der Waals surface area contributed by atoms with Gasteiger partial charge in [-0.25, -0.2) is 9.59 Å². The molecule has 2 unspecified atom stereocenters. The highest BCUT2D eigenvalue weighted by Gasteiger charge is 2.38. The van der Waals surface area contributed by atoms with Crippen molar-refractivity contribution in [1.82, 2.24) is 5.32 Å². The van der Waals surface area contributed by atoms with E-state index < -0.39 is 24.1 Å². The fourth-order valence-electron chi connectivity index (χ4n) is 2.55. The Bertz CT molecular complexity index is 675. The number of hydrogen-bond donors (Lipinski definition) is 2. The number of ether oxygens (including phenoxy) is 2. The number of aliphatic carboxylic acids is 1. The van der Waals surface area contributed by atoms with Gasteiger partial charge in [-0.2, -0.15) is 0 Å². The van der Waals surface area contributed by atoms with Crippen LogP contribution in [-0.4, -0.2) is 30.4 Å². The summed E-state index contributed by atoms with van der Waals surface area (Å²) >= 11 is 1.40. The fraction of sp³-hybridized carbons (Fsp3) is 0.375. The molecule has 7 heteroatoms. The van der Waals surface area contributed by atoms with Crippen molar-refractivity contribution >= 4 is 23.3 Å². The lowest BCUT2D eigenvalue weighted by Crippen LogP contribution is -2.32. The van der Waals surface area contributed by atoms with Crippen LogP contribution in [0.5, 0.6) is 0 Å². The standard InChI is InChI=1S/C16H19NO5S/c1-8-12(15(18)19)14(11-6-5-7-23-11)13(9(2)17-8)16(20)22-10(3)21-4/h5-7,10,14,17H,1-4H3,(H,18,19). The van der Waals surface area contributed by atoms with Crippen LogP contribution in [0, 0.1) is 0 Å². The first kappa shape index (κ1) is 17.2. The molecule has 0 spiro atoms. The number of allylic oxidation sites excluding steroid dienone is 2. The molecule has 2 rings (SSSR count). The number of thiophene rings is 1. The Morgan fingerprint density at radius 2 is 1.96 bits per heavy atom. The summed E-state index contributed by atoms with van der Waals surface area (Å²) in [5.74, 6) is -2.31. The molecule has 23 heavy (non-hydrogen) atoms. The van der Waals surface area contributed by atoms with E-state index in [1.807, 2.05) is 17.5 Å². The Hall–Kier alpha value is -2.12. The maximum Gasteiger partial charge on any atom is 0.339 e. The zero-order chi connectivity index (χ0) is 17.1. The van der Waals surface area contributed by atoms with Crippen LogP contribution in [0.4, 0.5) is 0 Å². The minimum Gasteiger partial charge on any atom is -0.478 e. The van der Waals surface area contributed by atoms with Crippen molar-refractivity contribution < 1.29 is 24.2 Å². The van der Waals surface area contributed by atoms with Gasteiger partial charge in [-0.15, -0.1) is 11.3 Å².